The summed E-state index contributed by atoms with van der Waals surface area (Å²) in [5, 5.41) is 2.21. The molecule has 6 heteroatoms. The summed E-state index contributed by atoms with van der Waals surface area (Å²) in [6, 6.07) is 0. The van der Waals surface area contributed by atoms with Crippen molar-refractivity contribution in [3.63, 3.8) is 0 Å². The standard InChI is InChI=1S/C9H8F4N2/c1-2-3-4-14-7-5(10)8(12)15-9(13)6(7)11/h2-3H,4H2,1H3,(H,14,15)/b3-2+. The maximum atomic E-state index is 12.9. The number of anilines is 1. The van der Waals surface area contributed by atoms with Gasteiger partial charge < -0.3 is 5.32 Å². The average Bonchev–Trinajstić information content (AvgIpc) is 2.20. The normalized spacial score (nSPS) is 11.0. The molecule has 2 nitrogen and oxygen atoms in total. The van der Waals surface area contributed by atoms with Crippen molar-refractivity contribution < 1.29 is 17.6 Å². The van der Waals surface area contributed by atoms with Gasteiger partial charge in [0.25, 0.3) is 11.9 Å². The molecule has 0 aliphatic heterocycles. The molecule has 0 unspecified atom stereocenters. The summed E-state index contributed by atoms with van der Waals surface area (Å²) in [5.41, 5.74) is -0.849. The molecular formula is C9H8F4N2. The van der Waals surface area contributed by atoms with Crippen LogP contribution in [0, 0.1) is 23.5 Å². The highest BCUT2D eigenvalue weighted by molar-refractivity contribution is 5.45. The summed E-state index contributed by atoms with van der Waals surface area (Å²) < 4.78 is 51.0. The van der Waals surface area contributed by atoms with Crippen molar-refractivity contribution in [1.82, 2.24) is 4.98 Å². The minimum atomic E-state index is -1.67. The molecule has 82 valence electrons. The molecule has 0 fully saturated rings. The number of pyridine rings is 1. The summed E-state index contributed by atoms with van der Waals surface area (Å²) >= 11 is 0. The minimum absolute atomic E-state index is 0.0627. The van der Waals surface area contributed by atoms with Crippen molar-refractivity contribution in [3.8, 4) is 0 Å². The summed E-state index contributed by atoms with van der Waals surface area (Å²) in [5.74, 6) is -6.40. The summed E-state index contributed by atoms with van der Waals surface area (Å²) in [7, 11) is 0. The summed E-state index contributed by atoms with van der Waals surface area (Å²) in [4.78, 5) is 2.42. The molecule has 1 aromatic heterocycles. The van der Waals surface area contributed by atoms with Crippen molar-refractivity contribution in [2.75, 3.05) is 11.9 Å². The second-order valence-electron chi connectivity index (χ2n) is 2.65. The Morgan fingerprint density at radius 2 is 1.67 bits per heavy atom. The molecule has 0 saturated carbocycles. The molecule has 0 radical (unpaired) electrons. The number of allylic oxidation sites excluding steroid dienone is 1. The molecule has 0 spiro atoms. The van der Waals surface area contributed by atoms with E-state index < -0.39 is 29.2 Å². The van der Waals surface area contributed by atoms with E-state index in [1.165, 1.54) is 6.08 Å². The highest BCUT2D eigenvalue weighted by Crippen LogP contribution is 2.21. The predicted octanol–water partition coefficient (Wildman–Crippen LogP) is 2.63. The number of hydrogen-bond acceptors (Lipinski definition) is 2. The summed E-state index contributed by atoms with van der Waals surface area (Å²) in [6.45, 7) is 1.76. The zero-order chi connectivity index (χ0) is 11.4. The maximum absolute atomic E-state index is 12.9. The van der Waals surface area contributed by atoms with Crippen LogP contribution < -0.4 is 5.32 Å². The van der Waals surface area contributed by atoms with Crippen LogP contribution in [0.3, 0.4) is 0 Å². The van der Waals surface area contributed by atoms with Crippen molar-refractivity contribution in [1.29, 1.82) is 0 Å². The van der Waals surface area contributed by atoms with Crippen LogP contribution in [0.15, 0.2) is 12.2 Å². The lowest BCUT2D eigenvalue weighted by molar-refractivity contribution is 0.411. The monoisotopic (exact) mass is 220 g/mol. The second-order valence-corrected chi connectivity index (χ2v) is 2.65. The van der Waals surface area contributed by atoms with E-state index in [2.05, 4.69) is 10.3 Å². The predicted molar refractivity (Wildman–Crippen MR) is 47.4 cm³/mol. The van der Waals surface area contributed by atoms with E-state index in [9.17, 15) is 17.6 Å². The number of hydrogen-bond donors (Lipinski definition) is 1. The number of nitrogens with zero attached hydrogens (tertiary/aromatic N) is 1. The molecule has 0 amide bonds. The molecule has 1 heterocycles. The van der Waals surface area contributed by atoms with E-state index in [-0.39, 0.29) is 6.54 Å². The van der Waals surface area contributed by atoms with Crippen LogP contribution in [-0.4, -0.2) is 11.5 Å². The summed E-state index contributed by atoms with van der Waals surface area (Å²) in [6.07, 6.45) is 3.16. The van der Waals surface area contributed by atoms with E-state index in [1.54, 1.807) is 13.0 Å². The van der Waals surface area contributed by atoms with Gasteiger partial charge in [0, 0.05) is 6.54 Å². The van der Waals surface area contributed by atoms with E-state index in [4.69, 9.17) is 0 Å². The van der Waals surface area contributed by atoms with Crippen molar-refractivity contribution in [2.24, 2.45) is 0 Å². The van der Waals surface area contributed by atoms with Gasteiger partial charge in [0.15, 0.2) is 0 Å². The van der Waals surface area contributed by atoms with Gasteiger partial charge in [0.05, 0.1) is 0 Å². The molecule has 1 aromatic rings. The quantitative estimate of drug-likeness (QED) is 0.481. The van der Waals surface area contributed by atoms with Crippen molar-refractivity contribution in [2.45, 2.75) is 6.92 Å². The lowest BCUT2D eigenvalue weighted by Crippen LogP contribution is -2.09. The Kier molecular flexibility index (Phi) is 3.65. The van der Waals surface area contributed by atoms with Crippen LogP contribution in [0.25, 0.3) is 0 Å². The Hall–Kier alpha value is -1.59. The number of halogens is 4. The number of rotatable bonds is 3. The van der Waals surface area contributed by atoms with Gasteiger partial charge in [0.2, 0.25) is 11.6 Å². The van der Waals surface area contributed by atoms with Crippen LogP contribution >= 0.6 is 0 Å². The van der Waals surface area contributed by atoms with E-state index >= 15 is 0 Å². The van der Waals surface area contributed by atoms with Crippen LogP contribution in [0.4, 0.5) is 23.2 Å². The molecule has 0 saturated heterocycles. The van der Waals surface area contributed by atoms with E-state index in [0.29, 0.717) is 0 Å². The Bertz CT molecular complexity index is 364. The van der Waals surface area contributed by atoms with E-state index in [1.807, 2.05) is 0 Å². The third kappa shape index (κ3) is 2.45. The molecule has 1 rings (SSSR count). The van der Waals surface area contributed by atoms with E-state index in [0.717, 1.165) is 0 Å². The lowest BCUT2D eigenvalue weighted by Gasteiger charge is -2.06. The fourth-order valence-electron chi connectivity index (χ4n) is 0.921. The maximum Gasteiger partial charge on any atom is 0.253 e. The number of aromatic nitrogens is 1. The zero-order valence-corrected chi connectivity index (χ0v) is 7.82. The first kappa shape index (κ1) is 11.5. The molecule has 0 aromatic carbocycles. The third-order valence-electron chi connectivity index (χ3n) is 1.63. The fraction of sp³-hybridized carbons (Fsp3) is 0.222. The first-order valence-corrected chi connectivity index (χ1v) is 4.13. The third-order valence-corrected chi connectivity index (χ3v) is 1.63. The van der Waals surface area contributed by atoms with Crippen LogP contribution in [-0.2, 0) is 0 Å². The Balaban J connectivity index is 3.04. The fourth-order valence-corrected chi connectivity index (χ4v) is 0.921. The molecule has 15 heavy (non-hydrogen) atoms. The van der Waals surface area contributed by atoms with Gasteiger partial charge in [-0.3, -0.25) is 0 Å². The van der Waals surface area contributed by atoms with Gasteiger partial charge in [-0.15, -0.1) is 0 Å². The first-order chi connectivity index (χ1) is 7.07. The minimum Gasteiger partial charge on any atom is -0.377 e. The van der Waals surface area contributed by atoms with Gasteiger partial charge in [-0.1, -0.05) is 12.2 Å². The van der Waals surface area contributed by atoms with Gasteiger partial charge in [-0.2, -0.15) is 22.5 Å². The highest BCUT2D eigenvalue weighted by atomic mass is 19.2. The van der Waals surface area contributed by atoms with Crippen LogP contribution in [0.2, 0.25) is 0 Å². The highest BCUT2D eigenvalue weighted by Gasteiger charge is 2.19. The molecular weight excluding hydrogens is 212 g/mol. The first-order valence-electron chi connectivity index (χ1n) is 4.13. The van der Waals surface area contributed by atoms with Gasteiger partial charge in [0.1, 0.15) is 5.69 Å². The van der Waals surface area contributed by atoms with Crippen molar-refractivity contribution >= 4 is 5.69 Å². The average molecular weight is 220 g/mol. The van der Waals surface area contributed by atoms with Gasteiger partial charge >= 0.3 is 0 Å². The molecule has 0 bridgehead atoms. The zero-order valence-electron chi connectivity index (χ0n) is 7.82. The lowest BCUT2D eigenvalue weighted by atomic mass is 10.3. The largest absolute Gasteiger partial charge is 0.377 e. The Labute approximate surface area is 83.6 Å². The smallest absolute Gasteiger partial charge is 0.253 e. The molecule has 1 N–H and O–H groups in total. The SMILES string of the molecule is C/C=C/CNc1c(F)c(F)nc(F)c1F. The van der Waals surface area contributed by atoms with Crippen LogP contribution in [0.1, 0.15) is 6.92 Å². The number of nitrogens with one attached hydrogen (secondary N) is 1. The topological polar surface area (TPSA) is 24.9 Å². The molecule has 0 aliphatic rings. The van der Waals surface area contributed by atoms with Crippen LogP contribution in [0.5, 0.6) is 0 Å². The van der Waals surface area contributed by atoms with Gasteiger partial charge in [-0.05, 0) is 6.92 Å². The second kappa shape index (κ2) is 4.77. The van der Waals surface area contributed by atoms with Crippen molar-refractivity contribution in [3.05, 3.63) is 35.7 Å². The molecule has 0 aliphatic carbocycles. The molecule has 0 atom stereocenters. The van der Waals surface area contributed by atoms with Gasteiger partial charge in [-0.25, -0.2) is 0 Å². The Morgan fingerprint density at radius 1 is 1.13 bits per heavy atom. The Morgan fingerprint density at radius 3 is 2.13 bits per heavy atom.